The average Bonchev–Trinajstić information content (AvgIpc) is 3.47. The minimum atomic E-state index is -4.82. The van der Waals surface area contributed by atoms with Gasteiger partial charge in [0.2, 0.25) is 11.8 Å². The van der Waals surface area contributed by atoms with Crippen LogP contribution in [0.3, 0.4) is 0 Å². The number of piperazine rings is 1. The fraction of sp³-hybridized carbons (Fsp3) is 0.515. The topological polar surface area (TPSA) is 150 Å². The molecule has 15 nitrogen and oxygen atoms in total. The number of hydrogen-bond donors (Lipinski definition) is 2. The van der Waals surface area contributed by atoms with Crippen molar-refractivity contribution in [1.29, 1.82) is 0 Å². The number of hydrogen-bond acceptors (Lipinski definition) is 11. The van der Waals surface area contributed by atoms with E-state index in [1.807, 2.05) is 11.0 Å². The summed E-state index contributed by atoms with van der Waals surface area (Å²) in [5.41, 5.74) is 0.00754. The third kappa shape index (κ3) is 8.03. The first-order valence-corrected chi connectivity index (χ1v) is 16.9. The summed E-state index contributed by atoms with van der Waals surface area (Å²) in [5.74, 6) is -3.48. The van der Waals surface area contributed by atoms with Gasteiger partial charge in [-0.3, -0.25) is 24.7 Å². The summed E-state index contributed by atoms with van der Waals surface area (Å²) in [6.07, 6.45) is -0.350. The number of likely N-dealkylation sites (tertiary alicyclic amines) is 1. The number of methoxy groups -OCH3 is 1. The molecule has 20 heteroatoms. The molecule has 53 heavy (non-hydrogen) atoms. The Morgan fingerprint density at radius 2 is 1.77 bits per heavy atom. The van der Waals surface area contributed by atoms with Crippen molar-refractivity contribution < 1.29 is 45.8 Å². The third-order valence-electron chi connectivity index (χ3n) is 9.62. The van der Waals surface area contributed by atoms with E-state index in [1.54, 1.807) is 11.1 Å². The van der Waals surface area contributed by atoms with Gasteiger partial charge in [0.25, 0.3) is 5.92 Å². The van der Waals surface area contributed by atoms with Crippen molar-refractivity contribution in [2.24, 2.45) is 5.41 Å². The van der Waals surface area contributed by atoms with E-state index in [-0.39, 0.29) is 54.7 Å². The zero-order valence-electron chi connectivity index (χ0n) is 28.7. The van der Waals surface area contributed by atoms with Gasteiger partial charge in [0.15, 0.2) is 11.6 Å². The summed E-state index contributed by atoms with van der Waals surface area (Å²) in [4.78, 5) is 52.4. The van der Waals surface area contributed by atoms with E-state index in [0.717, 1.165) is 18.9 Å². The molecular weight excluding hydrogens is 711 g/mol. The lowest BCUT2D eigenvalue weighted by Gasteiger charge is -2.55. The highest BCUT2D eigenvalue weighted by Crippen LogP contribution is 2.42. The summed E-state index contributed by atoms with van der Waals surface area (Å²) >= 11 is 0. The number of carbonyl (C=O) groups is 3. The van der Waals surface area contributed by atoms with Crippen molar-refractivity contribution >= 4 is 35.1 Å². The smallest absolute Gasteiger partial charge is 0.417 e. The van der Waals surface area contributed by atoms with Crippen molar-refractivity contribution in [1.82, 2.24) is 39.6 Å². The zero-order valence-corrected chi connectivity index (χ0v) is 28.7. The normalized spacial score (nSPS) is 19.9. The molecule has 4 aliphatic heterocycles. The van der Waals surface area contributed by atoms with E-state index < -0.39 is 29.7 Å². The van der Waals surface area contributed by atoms with Crippen molar-refractivity contribution in [3.63, 3.8) is 0 Å². The molecule has 1 spiro atoms. The van der Waals surface area contributed by atoms with Crippen molar-refractivity contribution in [2.45, 2.75) is 18.6 Å². The number of fused-ring (bicyclic) bond motifs is 1. The second kappa shape index (κ2) is 14.1. The summed E-state index contributed by atoms with van der Waals surface area (Å²) in [6, 6.07) is 2.62. The van der Waals surface area contributed by atoms with Crippen LogP contribution in [-0.4, -0.2) is 144 Å². The van der Waals surface area contributed by atoms with Crippen LogP contribution in [0.5, 0.6) is 0 Å². The largest absolute Gasteiger partial charge is 0.453 e. The van der Waals surface area contributed by atoms with E-state index >= 15 is 0 Å². The van der Waals surface area contributed by atoms with Crippen LogP contribution < -0.4 is 15.5 Å². The molecule has 4 fully saturated rings. The van der Waals surface area contributed by atoms with Crippen LogP contribution in [0.2, 0.25) is 0 Å². The highest BCUT2D eigenvalue weighted by Gasteiger charge is 2.50. The lowest BCUT2D eigenvalue weighted by Crippen LogP contribution is -2.66. The van der Waals surface area contributed by atoms with E-state index in [9.17, 15) is 36.3 Å². The SMILES string of the molecule is COC(=O)Nc1cc(C(F)(F)F)c(-c2nc(N3CC4(COC4)C3)c3cc(CN4CCN(C(=O)CNC(=O)/C=C/CN5CC(F)(F)C5)CC4)cn3n2)cn1. The Morgan fingerprint density at radius 1 is 1.04 bits per heavy atom. The number of amides is 3. The molecule has 0 aliphatic carbocycles. The molecule has 7 rings (SSSR count). The Bertz CT molecular complexity index is 1910. The number of anilines is 2. The molecule has 0 atom stereocenters. The number of aromatic nitrogens is 4. The van der Waals surface area contributed by atoms with Gasteiger partial charge in [-0.25, -0.2) is 28.1 Å². The molecule has 4 saturated heterocycles. The number of nitrogens with zero attached hydrogens (tertiary/aromatic N) is 8. The maximum atomic E-state index is 14.3. The van der Waals surface area contributed by atoms with Gasteiger partial charge < -0.3 is 24.6 Å². The first kappa shape index (κ1) is 36.4. The summed E-state index contributed by atoms with van der Waals surface area (Å²) in [7, 11) is 1.08. The molecule has 2 N–H and O–H groups in total. The number of nitrogens with one attached hydrogen (secondary N) is 2. The Kier molecular flexibility index (Phi) is 9.70. The molecule has 0 aromatic carbocycles. The van der Waals surface area contributed by atoms with Crippen LogP contribution in [0.25, 0.3) is 16.9 Å². The fourth-order valence-corrected chi connectivity index (χ4v) is 6.84. The molecule has 284 valence electrons. The Balaban J connectivity index is 1.02. The predicted molar refractivity (Wildman–Crippen MR) is 178 cm³/mol. The number of pyridine rings is 1. The van der Waals surface area contributed by atoms with Gasteiger partial charge in [0.1, 0.15) is 11.3 Å². The second-order valence-electron chi connectivity index (χ2n) is 13.8. The Hall–Kier alpha value is -4.95. The predicted octanol–water partition coefficient (Wildman–Crippen LogP) is 2.09. The van der Waals surface area contributed by atoms with Crippen LogP contribution >= 0.6 is 0 Å². The molecule has 3 aromatic rings. The average molecular weight is 749 g/mol. The zero-order chi connectivity index (χ0) is 37.5. The maximum Gasteiger partial charge on any atom is 0.417 e. The van der Waals surface area contributed by atoms with Gasteiger partial charge in [-0.1, -0.05) is 6.08 Å². The van der Waals surface area contributed by atoms with E-state index in [1.165, 1.54) is 21.6 Å². The molecule has 3 amide bonds. The number of carbonyl (C=O) groups excluding carboxylic acids is 3. The standard InChI is InChI=1S/C33H37F5N10O5/c1-52-30(51)41-25-10-23(33(36,37)38)22(11-39-25)28-42-29(47-15-31(16-47)19-53-20-31)24-9-21(14-48(24)43-28)13-44-5-7-46(8-6-44)27(50)12-40-26(49)3-2-4-45-17-32(34,35)18-45/h2-3,9-11,14H,4-8,12-13,15-20H2,1H3,(H,40,49)(H,39,41,51)/b3-2+. The van der Waals surface area contributed by atoms with Gasteiger partial charge >= 0.3 is 12.3 Å². The van der Waals surface area contributed by atoms with Gasteiger partial charge in [-0.15, -0.1) is 5.10 Å². The van der Waals surface area contributed by atoms with Crippen molar-refractivity contribution in [2.75, 3.05) is 96.0 Å². The van der Waals surface area contributed by atoms with Crippen LogP contribution in [0.15, 0.2) is 36.7 Å². The molecule has 0 unspecified atom stereocenters. The monoisotopic (exact) mass is 748 g/mol. The number of halogens is 5. The molecule has 3 aromatic heterocycles. The first-order chi connectivity index (χ1) is 25.2. The molecule has 0 saturated carbocycles. The highest BCUT2D eigenvalue weighted by molar-refractivity contribution is 5.91. The first-order valence-electron chi connectivity index (χ1n) is 16.9. The lowest BCUT2D eigenvalue weighted by molar-refractivity contribution is -0.137. The highest BCUT2D eigenvalue weighted by atomic mass is 19.4. The number of rotatable bonds is 10. The lowest BCUT2D eigenvalue weighted by atomic mass is 9.78. The summed E-state index contributed by atoms with van der Waals surface area (Å²) < 4.78 is 80.3. The van der Waals surface area contributed by atoms with Gasteiger partial charge in [0.05, 0.1) is 56.5 Å². The molecule has 7 heterocycles. The van der Waals surface area contributed by atoms with Gasteiger partial charge in [-0.2, -0.15) is 13.2 Å². The minimum absolute atomic E-state index is 0.00925. The molecular formula is C33H37F5N10O5. The summed E-state index contributed by atoms with van der Waals surface area (Å²) in [6.45, 7) is 4.19. The van der Waals surface area contributed by atoms with Crippen LogP contribution in [0.4, 0.5) is 38.4 Å². The van der Waals surface area contributed by atoms with Crippen molar-refractivity contribution in [3.05, 3.63) is 47.8 Å². The Labute approximate surface area is 299 Å². The summed E-state index contributed by atoms with van der Waals surface area (Å²) in [5, 5.41) is 9.17. The number of ether oxygens (including phenoxy) is 2. The van der Waals surface area contributed by atoms with Gasteiger partial charge in [0, 0.05) is 70.8 Å². The quantitative estimate of drug-likeness (QED) is 0.232. The number of alkyl halides is 5. The molecule has 0 bridgehead atoms. The minimum Gasteiger partial charge on any atom is -0.453 e. The van der Waals surface area contributed by atoms with Crippen molar-refractivity contribution in [3.8, 4) is 11.4 Å². The second-order valence-corrected chi connectivity index (χ2v) is 13.8. The van der Waals surface area contributed by atoms with Gasteiger partial charge in [-0.05, 0) is 17.7 Å². The van der Waals surface area contributed by atoms with E-state index in [2.05, 4.69) is 35.3 Å². The molecule has 0 radical (unpaired) electrons. The molecule has 4 aliphatic rings. The van der Waals surface area contributed by atoms with Crippen LogP contribution in [-0.2, 0) is 31.8 Å². The maximum absolute atomic E-state index is 14.3. The van der Waals surface area contributed by atoms with Crippen LogP contribution in [0.1, 0.15) is 11.1 Å². The van der Waals surface area contributed by atoms with E-state index in [4.69, 9.17) is 4.74 Å². The van der Waals surface area contributed by atoms with E-state index in [0.29, 0.717) is 76.4 Å². The fourth-order valence-electron chi connectivity index (χ4n) is 6.84. The third-order valence-corrected chi connectivity index (χ3v) is 9.62. The van der Waals surface area contributed by atoms with Crippen LogP contribution in [0, 0.1) is 5.41 Å². The Morgan fingerprint density at radius 3 is 2.42 bits per heavy atom.